The molecule has 94 valence electrons. The van der Waals surface area contributed by atoms with E-state index in [4.69, 9.17) is 6.42 Å². The maximum atomic E-state index is 12.1. The Morgan fingerprint density at radius 1 is 1.53 bits per heavy atom. The largest absolute Gasteiger partial charge is 0.528 e. The molecule has 0 saturated heterocycles. The predicted molar refractivity (Wildman–Crippen MR) is 53.2 cm³/mol. The molecule has 0 fully saturated rings. The third kappa shape index (κ3) is 3.09. The van der Waals surface area contributed by atoms with Crippen molar-refractivity contribution >= 4 is 10.1 Å². The molecule has 0 amide bonds. The Bertz CT molecular complexity index is 513. The number of halogens is 3. The van der Waals surface area contributed by atoms with Crippen LogP contribution in [-0.4, -0.2) is 32.2 Å². The zero-order valence-electron chi connectivity index (χ0n) is 8.73. The fraction of sp³-hybridized carbons (Fsp3) is 0.333. The van der Waals surface area contributed by atoms with Gasteiger partial charge in [0.1, 0.15) is 19.8 Å². The number of allylic oxidation sites excluding steroid dienone is 2. The second-order valence-electron chi connectivity index (χ2n) is 3.45. The van der Waals surface area contributed by atoms with Gasteiger partial charge in [-0.3, -0.25) is 0 Å². The van der Waals surface area contributed by atoms with Gasteiger partial charge in [0.2, 0.25) is 0 Å². The summed E-state index contributed by atoms with van der Waals surface area (Å²) >= 11 is 0. The molecule has 0 aromatic rings. The van der Waals surface area contributed by atoms with E-state index in [-0.39, 0.29) is 6.54 Å². The number of likely N-dealkylation sites (N-methyl/N-ethyl adjacent to an activating group) is 1. The molecule has 4 nitrogen and oxygen atoms in total. The summed E-state index contributed by atoms with van der Waals surface area (Å²) < 4.78 is 61.2. The standard InChI is InChI=1S/C9H9F3NO3S/c1-3-8-4-6-13(2,7-5-8)16-17(14,15)9(10,11)12/h1,4-6H,7H2,2H3/q+1. The molecule has 1 rings (SSSR count). The summed E-state index contributed by atoms with van der Waals surface area (Å²) in [5.41, 5.74) is -4.99. The smallest absolute Gasteiger partial charge is 0.185 e. The van der Waals surface area contributed by atoms with Gasteiger partial charge in [0, 0.05) is 11.6 Å². The average Bonchev–Trinajstić information content (AvgIpc) is 2.15. The molecular formula is C9H9F3NO3S+. The average molecular weight is 268 g/mol. The number of hydrogen-bond donors (Lipinski definition) is 0. The molecule has 0 aliphatic carbocycles. The molecule has 1 aliphatic rings. The van der Waals surface area contributed by atoms with Crippen molar-refractivity contribution in [2.45, 2.75) is 5.51 Å². The molecule has 0 saturated carbocycles. The van der Waals surface area contributed by atoms with E-state index in [0.717, 1.165) is 6.20 Å². The van der Waals surface area contributed by atoms with Crippen LogP contribution in [0.25, 0.3) is 0 Å². The summed E-state index contributed by atoms with van der Waals surface area (Å²) in [4.78, 5) is 0. The summed E-state index contributed by atoms with van der Waals surface area (Å²) in [5, 5.41) is 0. The minimum atomic E-state index is -5.64. The van der Waals surface area contributed by atoms with Gasteiger partial charge in [-0.1, -0.05) is 10.2 Å². The molecule has 0 bridgehead atoms. The van der Waals surface area contributed by atoms with Crippen LogP contribution in [0, 0.1) is 12.3 Å². The normalized spacial score (nSPS) is 25.2. The van der Waals surface area contributed by atoms with Crippen molar-refractivity contribution in [3.8, 4) is 12.3 Å². The van der Waals surface area contributed by atoms with Gasteiger partial charge in [-0.05, 0) is 6.08 Å². The summed E-state index contributed by atoms with van der Waals surface area (Å²) in [6.45, 7) is -0.106. The van der Waals surface area contributed by atoms with Crippen LogP contribution in [0.5, 0.6) is 0 Å². The van der Waals surface area contributed by atoms with E-state index < -0.39 is 20.3 Å². The van der Waals surface area contributed by atoms with E-state index in [9.17, 15) is 21.6 Å². The van der Waals surface area contributed by atoms with Gasteiger partial charge in [0.05, 0.1) is 0 Å². The Labute approximate surface area is 96.6 Å². The van der Waals surface area contributed by atoms with Crippen molar-refractivity contribution in [2.75, 3.05) is 13.6 Å². The number of alkyl halides is 3. The van der Waals surface area contributed by atoms with Crippen molar-refractivity contribution < 1.29 is 30.5 Å². The van der Waals surface area contributed by atoms with E-state index in [1.807, 2.05) is 0 Å². The molecule has 1 unspecified atom stereocenters. The van der Waals surface area contributed by atoms with Crippen LogP contribution in [0.3, 0.4) is 0 Å². The third-order valence-corrected chi connectivity index (χ3v) is 3.07. The van der Waals surface area contributed by atoms with Crippen LogP contribution in [0.15, 0.2) is 23.9 Å². The van der Waals surface area contributed by atoms with E-state index in [1.54, 1.807) is 0 Å². The lowest BCUT2D eigenvalue weighted by atomic mass is 10.2. The first-order valence-corrected chi connectivity index (χ1v) is 5.74. The highest BCUT2D eigenvalue weighted by molar-refractivity contribution is 7.87. The Hall–Kier alpha value is -1.30. The monoisotopic (exact) mass is 268 g/mol. The second-order valence-corrected chi connectivity index (χ2v) is 4.97. The number of quaternary nitrogens is 1. The first-order chi connectivity index (χ1) is 7.60. The van der Waals surface area contributed by atoms with E-state index in [2.05, 4.69) is 10.2 Å². The first kappa shape index (κ1) is 13.8. The third-order valence-electron chi connectivity index (χ3n) is 1.96. The van der Waals surface area contributed by atoms with E-state index >= 15 is 0 Å². The molecule has 0 aromatic carbocycles. The van der Waals surface area contributed by atoms with Crippen molar-refractivity contribution in [3.05, 3.63) is 23.9 Å². The van der Waals surface area contributed by atoms with Crippen LogP contribution >= 0.6 is 0 Å². The van der Waals surface area contributed by atoms with E-state index in [0.29, 0.717) is 5.57 Å². The Balaban J connectivity index is 2.90. The number of rotatable bonds is 2. The molecule has 0 spiro atoms. The topological polar surface area (TPSA) is 43.4 Å². The summed E-state index contributed by atoms with van der Waals surface area (Å²) in [7, 11) is -4.47. The van der Waals surface area contributed by atoms with Gasteiger partial charge in [-0.15, -0.1) is 11.1 Å². The Morgan fingerprint density at radius 3 is 2.47 bits per heavy atom. The fourth-order valence-electron chi connectivity index (χ4n) is 1.08. The van der Waals surface area contributed by atoms with Gasteiger partial charge in [0.15, 0.2) is 0 Å². The zero-order chi connectivity index (χ0) is 13.3. The molecule has 0 radical (unpaired) electrons. The molecule has 1 atom stereocenters. The Kier molecular flexibility index (Phi) is 3.38. The number of nitrogens with zero attached hydrogens (tertiary/aromatic N) is 1. The molecule has 8 heteroatoms. The Morgan fingerprint density at radius 2 is 2.12 bits per heavy atom. The highest BCUT2D eigenvalue weighted by Crippen LogP contribution is 2.28. The van der Waals surface area contributed by atoms with Crippen LogP contribution in [0.2, 0.25) is 0 Å². The van der Waals surface area contributed by atoms with Crippen LogP contribution in [-0.2, 0) is 14.4 Å². The highest BCUT2D eigenvalue weighted by atomic mass is 32.2. The maximum absolute atomic E-state index is 12.1. The van der Waals surface area contributed by atoms with Crippen molar-refractivity contribution in [1.29, 1.82) is 0 Å². The molecule has 0 aromatic heterocycles. The van der Waals surface area contributed by atoms with Gasteiger partial charge < -0.3 is 0 Å². The quantitative estimate of drug-likeness (QED) is 0.431. The molecular weight excluding hydrogens is 259 g/mol. The lowest BCUT2D eigenvalue weighted by Crippen LogP contribution is -2.45. The summed E-state index contributed by atoms with van der Waals surface area (Å²) in [5.74, 6) is 2.27. The lowest BCUT2D eigenvalue weighted by Gasteiger charge is -2.27. The van der Waals surface area contributed by atoms with Crippen molar-refractivity contribution in [3.63, 3.8) is 0 Å². The molecule has 17 heavy (non-hydrogen) atoms. The fourth-order valence-corrected chi connectivity index (χ4v) is 1.72. The molecule has 0 N–H and O–H groups in total. The van der Waals surface area contributed by atoms with Gasteiger partial charge in [-0.25, -0.2) is 0 Å². The number of hydrogen-bond acceptors (Lipinski definition) is 3. The van der Waals surface area contributed by atoms with Gasteiger partial charge in [0.25, 0.3) is 0 Å². The first-order valence-electron chi connectivity index (χ1n) is 4.33. The minimum absolute atomic E-state index is 0.106. The summed E-state index contributed by atoms with van der Waals surface area (Å²) in [6, 6.07) is 0. The zero-order valence-corrected chi connectivity index (χ0v) is 9.55. The van der Waals surface area contributed by atoms with Gasteiger partial charge in [-0.2, -0.15) is 21.6 Å². The van der Waals surface area contributed by atoms with Crippen molar-refractivity contribution in [1.82, 2.24) is 0 Å². The SMILES string of the molecule is C#CC1=CC[N+](C)(OS(=O)(=O)C(F)(F)F)C=C1. The van der Waals surface area contributed by atoms with Crippen LogP contribution in [0.1, 0.15) is 0 Å². The number of hydroxylamine groups is 3. The van der Waals surface area contributed by atoms with Gasteiger partial charge >= 0.3 is 15.6 Å². The predicted octanol–water partition coefficient (Wildman–Crippen LogP) is 1.30. The van der Waals surface area contributed by atoms with E-state index in [1.165, 1.54) is 19.2 Å². The van der Waals surface area contributed by atoms with Crippen LogP contribution in [0.4, 0.5) is 13.2 Å². The maximum Gasteiger partial charge on any atom is 0.528 e. The molecule has 1 aliphatic heterocycles. The number of terminal acetylenes is 1. The van der Waals surface area contributed by atoms with Crippen LogP contribution < -0.4 is 0 Å². The van der Waals surface area contributed by atoms with Crippen molar-refractivity contribution in [2.24, 2.45) is 0 Å². The molecule has 1 heterocycles. The minimum Gasteiger partial charge on any atom is -0.185 e. The highest BCUT2D eigenvalue weighted by Gasteiger charge is 2.52. The summed E-state index contributed by atoms with van der Waals surface area (Å²) in [6.07, 6.45) is 8.93. The second kappa shape index (κ2) is 4.18. The lowest BCUT2D eigenvalue weighted by molar-refractivity contribution is -1.02.